The molecule has 0 aliphatic carbocycles. The van der Waals surface area contributed by atoms with Gasteiger partial charge >= 0.3 is 0 Å². The van der Waals surface area contributed by atoms with E-state index < -0.39 is 0 Å². The fraction of sp³-hybridized carbons (Fsp3) is 0.0714. The van der Waals surface area contributed by atoms with Crippen LogP contribution in [0, 0.1) is 0 Å². The molecule has 80 valence electrons. The maximum atomic E-state index is 4.55. The van der Waals surface area contributed by atoms with Crippen LogP contribution < -0.4 is 0 Å². The number of fused-ring (bicyclic) bond motifs is 1. The molecule has 0 aromatic carbocycles. The van der Waals surface area contributed by atoms with Gasteiger partial charge in [-0.2, -0.15) is 0 Å². The normalized spacial score (nSPS) is 12.4. The molecule has 2 aromatic heterocycles. The van der Waals surface area contributed by atoms with E-state index in [0.29, 0.717) is 0 Å². The van der Waals surface area contributed by atoms with Crippen LogP contribution >= 0.6 is 0 Å². The lowest BCUT2D eigenvalue weighted by atomic mass is 10.2. The van der Waals surface area contributed by atoms with Gasteiger partial charge in [0.15, 0.2) is 0 Å². The minimum Gasteiger partial charge on any atom is -0.306 e. The number of allylic oxidation sites excluding steroid dienone is 5. The van der Waals surface area contributed by atoms with Crippen molar-refractivity contribution in [2.24, 2.45) is 0 Å². The zero-order valence-corrected chi connectivity index (χ0v) is 9.30. The van der Waals surface area contributed by atoms with Crippen molar-refractivity contribution in [3.05, 3.63) is 67.2 Å². The monoisotopic (exact) mass is 210 g/mol. The van der Waals surface area contributed by atoms with E-state index in [4.69, 9.17) is 0 Å². The Morgan fingerprint density at radius 3 is 3.00 bits per heavy atom. The van der Waals surface area contributed by atoms with Crippen LogP contribution in [0.3, 0.4) is 0 Å². The van der Waals surface area contributed by atoms with Crippen LogP contribution in [0.4, 0.5) is 0 Å². The predicted molar refractivity (Wildman–Crippen MR) is 68.2 cm³/mol. The number of rotatable bonds is 3. The first-order valence-electron chi connectivity index (χ1n) is 5.24. The van der Waals surface area contributed by atoms with Crippen LogP contribution in [-0.4, -0.2) is 9.38 Å². The molecule has 2 aromatic rings. The number of nitrogens with zero attached hydrogens (tertiary/aromatic N) is 2. The van der Waals surface area contributed by atoms with Gasteiger partial charge in [0.05, 0.1) is 5.69 Å². The highest BCUT2D eigenvalue weighted by Gasteiger charge is 2.02. The first-order chi connectivity index (χ1) is 7.85. The second-order valence-electron chi connectivity index (χ2n) is 3.45. The topological polar surface area (TPSA) is 17.3 Å². The molecular weight excluding hydrogens is 196 g/mol. The predicted octanol–water partition coefficient (Wildman–Crippen LogP) is 3.48. The Balaban J connectivity index is 2.53. The number of imidazole rings is 1. The summed E-state index contributed by atoms with van der Waals surface area (Å²) in [6.45, 7) is 5.71. The molecule has 0 fully saturated rings. The summed E-state index contributed by atoms with van der Waals surface area (Å²) in [5.74, 6) is 0. The fourth-order valence-electron chi connectivity index (χ4n) is 1.61. The average Bonchev–Trinajstić information content (AvgIpc) is 2.72. The van der Waals surface area contributed by atoms with E-state index in [-0.39, 0.29) is 0 Å². The molecule has 0 saturated heterocycles. The van der Waals surface area contributed by atoms with Crippen molar-refractivity contribution in [1.82, 2.24) is 9.38 Å². The maximum Gasteiger partial charge on any atom is 0.137 e. The first kappa shape index (κ1) is 10.4. The van der Waals surface area contributed by atoms with Gasteiger partial charge in [-0.3, -0.25) is 0 Å². The third kappa shape index (κ3) is 1.96. The fourth-order valence-corrected chi connectivity index (χ4v) is 1.61. The highest BCUT2D eigenvalue weighted by atomic mass is 15.0. The van der Waals surface area contributed by atoms with Crippen LogP contribution in [0.25, 0.3) is 11.2 Å². The highest BCUT2D eigenvalue weighted by Crippen LogP contribution is 2.16. The van der Waals surface area contributed by atoms with Crippen LogP contribution in [0.1, 0.15) is 12.6 Å². The molecule has 0 bridgehead atoms. The van der Waals surface area contributed by atoms with E-state index >= 15 is 0 Å². The number of hydrogen-bond donors (Lipinski definition) is 0. The van der Waals surface area contributed by atoms with Crippen molar-refractivity contribution in [2.45, 2.75) is 6.92 Å². The average molecular weight is 210 g/mol. The molecule has 2 rings (SSSR count). The lowest BCUT2D eigenvalue weighted by Gasteiger charge is -1.93. The zero-order valence-electron chi connectivity index (χ0n) is 9.30. The minimum absolute atomic E-state index is 0.956. The third-order valence-corrected chi connectivity index (χ3v) is 2.30. The van der Waals surface area contributed by atoms with E-state index in [1.807, 2.05) is 60.1 Å². The van der Waals surface area contributed by atoms with E-state index in [1.54, 1.807) is 6.08 Å². The van der Waals surface area contributed by atoms with Gasteiger partial charge < -0.3 is 4.40 Å². The van der Waals surface area contributed by atoms with E-state index in [2.05, 4.69) is 11.6 Å². The first-order valence-corrected chi connectivity index (χ1v) is 5.24. The Morgan fingerprint density at radius 1 is 1.44 bits per heavy atom. The Morgan fingerprint density at radius 2 is 2.31 bits per heavy atom. The molecular formula is C14H14N2. The van der Waals surface area contributed by atoms with Crippen molar-refractivity contribution in [1.29, 1.82) is 0 Å². The van der Waals surface area contributed by atoms with Gasteiger partial charge in [0, 0.05) is 18.0 Å². The molecule has 16 heavy (non-hydrogen) atoms. The molecule has 2 heterocycles. The Kier molecular flexibility index (Phi) is 3.01. The van der Waals surface area contributed by atoms with Gasteiger partial charge in [-0.05, 0) is 19.1 Å². The lowest BCUT2D eigenvalue weighted by molar-refractivity contribution is 1.19. The molecule has 0 saturated carbocycles. The number of hydrogen-bond acceptors (Lipinski definition) is 1. The molecule has 0 unspecified atom stereocenters. The highest BCUT2D eigenvalue weighted by molar-refractivity contribution is 5.73. The second kappa shape index (κ2) is 4.62. The van der Waals surface area contributed by atoms with E-state index in [1.165, 1.54) is 0 Å². The van der Waals surface area contributed by atoms with Gasteiger partial charge in [-0.1, -0.05) is 36.9 Å². The minimum atomic E-state index is 0.956. The Hall–Kier alpha value is -2.09. The zero-order chi connectivity index (χ0) is 11.4. The van der Waals surface area contributed by atoms with Gasteiger partial charge in [-0.25, -0.2) is 4.98 Å². The summed E-state index contributed by atoms with van der Waals surface area (Å²) < 4.78 is 2.01. The van der Waals surface area contributed by atoms with Crippen molar-refractivity contribution in [3.8, 4) is 0 Å². The van der Waals surface area contributed by atoms with Crippen molar-refractivity contribution in [2.75, 3.05) is 0 Å². The van der Waals surface area contributed by atoms with Gasteiger partial charge in [0.1, 0.15) is 5.65 Å². The molecule has 0 N–H and O–H groups in total. The smallest absolute Gasteiger partial charge is 0.137 e. The lowest BCUT2D eigenvalue weighted by Crippen LogP contribution is -1.79. The van der Waals surface area contributed by atoms with Crippen LogP contribution in [0.2, 0.25) is 0 Å². The van der Waals surface area contributed by atoms with Gasteiger partial charge in [0.2, 0.25) is 0 Å². The molecule has 0 spiro atoms. The summed E-state index contributed by atoms with van der Waals surface area (Å²) in [5.41, 5.74) is 2.99. The largest absolute Gasteiger partial charge is 0.306 e. The summed E-state index contributed by atoms with van der Waals surface area (Å²) in [5, 5.41) is 0. The Labute approximate surface area is 95.3 Å². The summed E-state index contributed by atoms with van der Waals surface area (Å²) in [7, 11) is 0. The molecule has 0 aliphatic heterocycles. The molecule has 2 heteroatoms. The Bertz CT molecular complexity index is 526. The number of pyridine rings is 1. The molecule has 0 amide bonds. The van der Waals surface area contributed by atoms with Crippen molar-refractivity contribution >= 4 is 11.2 Å². The summed E-state index contributed by atoms with van der Waals surface area (Å²) in [4.78, 5) is 4.55. The maximum absolute atomic E-state index is 4.55. The molecule has 2 nitrogen and oxygen atoms in total. The summed E-state index contributed by atoms with van der Waals surface area (Å²) in [6, 6.07) is 5.97. The summed E-state index contributed by atoms with van der Waals surface area (Å²) in [6.07, 6.45) is 11.8. The molecule has 0 aliphatic rings. The van der Waals surface area contributed by atoms with Crippen LogP contribution in [0.15, 0.2) is 61.5 Å². The third-order valence-electron chi connectivity index (χ3n) is 2.30. The quantitative estimate of drug-likeness (QED) is 0.709. The molecule has 0 atom stereocenters. The second-order valence-corrected chi connectivity index (χ2v) is 3.45. The van der Waals surface area contributed by atoms with Gasteiger partial charge in [-0.15, -0.1) is 0 Å². The van der Waals surface area contributed by atoms with E-state index in [0.717, 1.165) is 16.9 Å². The standard InChI is InChI=1S/C14H14N2/c1-3-7-12(8-4-2)13-11-16-10-6-5-9-14(16)15-13/h3-11H,1H2,2H3/b8-4-,12-7+. The SMILES string of the molecule is C=C/C=C(\C=C/C)c1cn2ccccc2n1. The van der Waals surface area contributed by atoms with Crippen molar-refractivity contribution < 1.29 is 0 Å². The van der Waals surface area contributed by atoms with Crippen LogP contribution in [0.5, 0.6) is 0 Å². The number of aromatic nitrogens is 2. The van der Waals surface area contributed by atoms with Gasteiger partial charge in [0.25, 0.3) is 0 Å². The van der Waals surface area contributed by atoms with Crippen molar-refractivity contribution in [3.63, 3.8) is 0 Å². The van der Waals surface area contributed by atoms with Crippen LogP contribution in [-0.2, 0) is 0 Å². The summed E-state index contributed by atoms with van der Waals surface area (Å²) >= 11 is 0. The van der Waals surface area contributed by atoms with E-state index in [9.17, 15) is 0 Å². The molecule has 0 radical (unpaired) electrons.